The number of hydrogen-bond donors (Lipinski definition) is 1. The van der Waals surface area contributed by atoms with E-state index in [1.54, 1.807) is 11.3 Å². The Balaban J connectivity index is 1.74. The van der Waals surface area contributed by atoms with Crippen molar-refractivity contribution in [1.29, 1.82) is 0 Å². The van der Waals surface area contributed by atoms with Crippen molar-refractivity contribution in [1.82, 2.24) is 15.2 Å². The monoisotopic (exact) mass is 273 g/mol. The van der Waals surface area contributed by atoms with E-state index in [1.807, 2.05) is 5.51 Å². The highest BCUT2D eigenvalue weighted by Gasteiger charge is 2.32. The first-order valence-corrected chi connectivity index (χ1v) is 7.60. The van der Waals surface area contributed by atoms with E-state index in [1.165, 1.54) is 11.3 Å². The molecule has 1 N–H and O–H groups in total. The van der Waals surface area contributed by atoms with Crippen molar-refractivity contribution in [3.05, 3.63) is 52.5 Å². The second kappa shape index (κ2) is 5.41. The quantitative estimate of drug-likeness (QED) is 0.931. The van der Waals surface area contributed by atoms with Crippen LogP contribution in [0.1, 0.15) is 18.2 Å². The molecule has 0 amide bonds. The van der Waals surface area contributed by atoms with Crippen LogP contribution in [0, 0.1) is 0 Å². The van der Waals surface area contributed by atoms with Crippen LogP contribution >= 0.6 is 11.3 Å². The molecule has 1 unspecified atom stereocenters. The molecule has 0 radical (unpaired) electrons. The maximum atomic E-state index is 4.39. The molecule has 4 heteroatoms. The van der Waals surface area contributed by atoms with E-state index in [0.29, 0.717) is 0 Å². The molecule has 2 aromatic rings. The van der Waals surface area contributed by atoms with E-state index in [0.717, 1.165) is 26.2 Å². The standard InChI is InChI=1S/C15H19N3S/c1-15(13-5-3-2-4-6-13)11-18(8-7-17-15)9-14-10-19-12-16-14/h2-6,10,12,17H,7-9,11H2,1H3. The zero-order chi connectivity index (χ0) is 13.1. The van der Waals surface area contributed by atoms with Crippen molar-refractivity contribution in [3.8, 4) is 0 Å². The maximum absolute atomic E-state index is 4.39. The summed E-state index contributed by atoms with van der Waals surface area (Å²) in [5.41, 5.74) is 4.49. The van der Waals surface area contributed by atoms with Gasteiger partial charge in [0.25, 0.3) is 0 Å². The molecule has 1 saturated heterocycles. The Bertz CT molecular complexity index is 511. The second-order valence-electron chi connectivity index (χ2n) is 5.32. The van der Waals surface area contributed by atoms with Crippen LogP contribution in [0.4, 0.5) is 0 Å². The van der Waals surface area contributed by atoms with E-state index in [-0.39, 0.29) is 5.54 Å². The lowest BCUT2D eigenvalue weighted by atomic mass is 9.89. The summed E-state index contributed by atoms with van der Waals surface area (Å²) in [6, 6.07) is 10.7. The fourth-order valence-corrected chi connectivity index (χ4v) is 3.30. The van der Waals surface area contributed by atoms with Crippen LogP contribution in [0.2, 0.25) is 0 Å². The number of piperazine rings is 1. The van der Waals surface area contributed by atoms with E-state index >= 15 is 0 Å². The predicted molar refractivity (Wildman–Crippen MR) is 79.2 cm³/mol. The fraction of sp³-hybridized carbons (Fsp3) is 0.400. The topological polar surface area (TPSA) is 28.2 Å². The van der Waals surface area contributed by atoms with Crippen molar-refractivity contribution in [2.24, 2.45) is 0 Å². The molecule has 0 saturated carbocycles. The number of nitrogens with zero attached hydrogens (tertiary/aromatic N) is 2. The summed E-state index contributed by atoms with van der Waals surface area (Å²) in [4.78, 5) is 6.87. The highest BCUT2D eigenvalue weighted by molar-refractivity contribution is 7.07. The summed E-state index contributed by atoms with van der Waals surface area (Å²) >= 11 is 1.67. The number of rotatable bonds is 3. The first-order valence-electron chi connectivity index (χ1n) is 6.66. The molecule has 3 rings (SSSR count). The Morgan fingerprint density at radius 2 is 2.21 bits per heavy atom. The molecular formula is C15H19N3S. The van der Waals surface area contributed by atoms with Gasteiger partial charge in [0.15, 0.2) is 0 Å². The Labute approximate surface area is 118 Å². The van der Waals surface area contributed by atoms with Gasteiger partial charge in [-0.15, -0.1) is 11.3 Å². The van der Waals surface area contributed by atoms with Gasteiger partial charge in [0.2, 0.25) is 0 Å². The van der Waals surface area contributed by atoms with E-state index < -0.39 is 0 Å². The molecule has 3 nitrogen and oxygen atoms in total. The second-order valence-corrected chi connectivity index (χ2v) is 6.03. The highest BCUT2D eigenvalue weighted by Crippen LogP contribution is 2.25. The molecule has 1 atom stereocenters. The first-order chi connectivity index (χ1) is 9.26. The molecule has 1 aromatic heterocycles. The lowest BCUT2D eigenvalue weighted by Crippen LogP contribution is -2.56. The molecule has 0 spiro atoms. The average Bonchev–Trinajstić information content (AvgIpc) is 2.93. The van der Waals surface area contributed by atoms with Gasteiger partial charge >= 0.3 is 0 Å². The van der Waals surface area contributed by atoms with Crippen molar-refractivity contribution >= 4 is 11.3 Å². The minimum atomic E-state index is 0.0372. The fourth-order valence-electron chi connectivity index (χ4n) is 2.75. The summed E-state index contributed by atoms with van der Waals surface area (Å²) in [6.45, 7) is 6.37. The third-order valence-corrected chi connectivity index (χ3v) is 4.40. The molecule has 1 aliphatic rings. The average molecular weight is 273 g/mol. The normalized spacial score (nSPS) is 24.5. The molecule has 1 aliphatic heterocycles. The van der Waals surface area contributed by atoms with Gasteiger partial charge in [0.1, 0.15) is 0 Å². The summed E-state index contributed by atoms with van der Waals surface area (Å²) in [5, 5.41) is 5.80. The van der Waals surface area contributed by atoms with Crippen LogP contribution in [-0.2, 0) is 12.1 Å². The van der Waals surface area contributed by atoms with Gasteiger partial charge in [-0.05, 0) is 12.5 Å². The molecular weight excluding hydrogens is 254 g/mol. The SMILES string of the molecule is CC1(c2ccccc2)CN(Cc2cscn2)CCN1. The predicted octanol–water partition coefficient (Wildman–Crippen LogP) is 2.46. The first kappa shape index (κ1) is 12.8. The minimum absolute atomic E-state index is 0.0372. The van der Waals surface area contributed by atoms with Crippen molar-refractivity contribution in [3.63, 3.8) is 0 Å². The largest absolute Gasteiger partial charge is 0.305 e. The zero-order valence-corrected chi connectivity index (χ0v) is 12.0. The summed E-state index contributed by atoms with van der Waals surface area (Å²) in [7, 11) is 0. The Morgan fingerprint density at radius 3 is 2.95 bits per heavy atom. The molecule has 100 valence electrons. The third kappa shape index (κ3) is 2.86. The van der Waals surface area contributed by atoms with Gasteiger partial charge in [-0.3, -0.25) is 4.90 Å². The minimum Gasteiger partial charge on any atom is -0.305 e. The summed E-state index contributed by atoms with van der Waals surface area (Å²) < 4.78 is 0. The Hall–Kier alpha value is -1.23. The zero-order valence-electron chi connectivity index (χ0n) is 11.2. The molecule has 1 aromatic carbocycles. The van der Waals surface area contributed by atoms with E-state index in [4.69, 9.17) is 0 Å². The van der Waals surface area contributed by atoms with Crippen LogP contribution in [0.15, 0.2) is 41.2 Å². The maximum Gasteiger partial charge on any atom is 0.0795 e. The van der Waals surface area contributed by atoms with Crippen LogP contribution in [0.5, 0.6) is 0 Å². The van der Waals surface area contributed by atoms with Crippen molar-refractivity contribution < 1.29 is 0 Å². The Kier molecular flexibility index (Phi) is 3.64. The molecule has 2 heterocycles. The van der Waals surface area contributed by atoms with Gasteiger partial charge in [-0.2, -0.15) is 0 Å². The van der Waals surface area contributed by atoms with Crippen LogP contribution in [0.3, 0.4) is 0 Å². The van der Waals surface area contributed by atoms with Gasteiger partial charge < -0.3 is 5.32 Å². The number of thiazole rings is 1. The smallest absolute Gasteiger partial charge is 0.0795 e. The van der Waals surface area contributed by atoms with Gasteiger partial charge in [0.05, 0.1) is 16.7 Å². The van der Waals surface area contributed by atoms with E-state index in [2.05, 4.69) is 57.8 Å². The van der Waals surface area contributed by atoms with Gasteiger partial charge in [0, 0.05) is 31.6 Å². The Morgan fingerprint density at radius 1 is 1.37 bits per heavy atom. The van der Waals surface area contributed by atoms with E-state index in [9.17, 15) is 0 Å². The summed E-state index contributed by atoms with van der Waals surface area (Å²) in [6.07, 6.45) is 0. The third-order valence-electron chi connectivity index (χ3n) is 3.76. The molecule has 0 aliphatic carbocycles. The van der Waals surface area contributed by atoms with Crippen LogP contribution in [-0.4, -0.2) is 29.5 Å². The number of hydrogen-bond acceptors (Lipinski definition) is 4. The van der Waals surface area contributed by atoms with Crippen molar-refractivity contribution in [2.75, 3.05) is 19.6 Å². The lowest BCUT2D eigenvalue weighted by molar-refractivity contribution is 0.135. The summed E-state index contributed by atoms with van der Waals surface area (Å²) in [5.74, 6) is 0. The molecule has 1 fully saturated rings. The van der Waals surface area contributed by atoms with Crippen LogP contribution in [0.25, 0.3) is 0 Å². The lowest BCUT2D eigenvalue weighted by Gasteiger charge is -2.41. The molecule has 0 bridgehead atoms. The van der Waals surface area contributed by atoms with Gasteiger partial charge in [-0.1, -0.05) is 30.3 Å². The number of benzene rings is 1. The number of nitrogens with one attached hydrogen (secondary N) is 1. The number of aromatic nitrogens is 1. The highest BCUT2D eigenvalue weighted by atomic mass is 32.1. The van der Waals surface area contributed by atoms with Crippen LogP contribution < -0.4 is 5.32 Å². The molecule has 19 heavy (non-hydrogen) atoms. The van der Waals surface area contributed by atoms with Gasteiger partial charge in [-0.25, -0.2) is 4.98 Å². The van der Waals surface area contributed by atoms with Crippen molar-refractivity contribution in [2.45, 2.75) is 19.0 Å².